The second-order valence-corrected chi connectivity index (χ2v) is 9.27. The van der Waals surface area contributed by atoms with Gasteiger partial charge in [-0.25, -0.2) is 4.98 Å². The van der Waals surface area contributed by atoms with Gasteiger partial charge in [0.25, 0.3) is 11.8 Å². The molecule has 1 saturated carbocycles. The predicted octanol–water partition coefficient (Wildman–Crippen LogP) is 3.96. The third-order valence-electron chi connectivity index (χ3n) is 6.79. The fourth-order valence-electron chi connectivity index (χ4n) is 4.62. The largest absolute Gasteiger partial charge is 0.451 e. The minimum atomic E-state index is -1.15. The van der Waals surface area contributed by atoms with E-state index in [9.17, 15) is 18.8 Å². The van der Waals surface area contributed by atoms with Crippen molar-refractivity contribution in [2.45, 2.75) is 51.1 Å². The van der Waals surface area contributed by atoms with Crippen molar-refractivity contribution in [3.05, 3.63) is 77.6 Å². The topological polar surface area (TPSA) is 127 Å². The highest BCUT2D eigenvalue weighted by Gasteiger charge is 2.42. The maximum absolute atomic E-state index is 13.3. The summed E-state index contributed by atoms with van der Waals surface area (Å²) in [5.74, 6) is -1.68. The van der Waals surface area contributed by atoms with Crippen molar-refractivity contribution >= 4 is 17.7 Å². The molecule has 0 unspecified atom stereocenters. The molecule has 8 nitrogen and oxygen atoms in total. The zero-order valence-corrected chi connectivity index (χ0v) is 20.1. The van der Waals surface area contributed by atoms with Crippen LogP contribution >= 0.6 is 0 Å². The first-order valence-corrected chi connectivity index (χ1v) is 12.0. The van der Waals surface area contributed by atoms with Crippen molar-refractivity contribution in [3.63, 3.8) is 0 Å². The van der Waals surface area contributed by atoms with Crippen LogP contribution in [-0.4, -0.2) is 28.2 Å². The van der Waals surface area contributed by atoms with E-state index >= 15 is 0 Å². The Kier molecular flexibility index (Phi) is 7.47. The minimum Gasteiger partial charge on any atom is -0.451 e. The molecule has 2 aromatic heterocycles. The van der Waals surface area contributed by atoms with Gasteiger partial charge in [-0.3, -0.25) is 14.4 Å². The summed E-state index contributed by atoms with van der Waals surface area (Å²) < 4.78 is 19.1. The Morgan fingerprint density at radius 1 is 1.08 bits per heavy atom. The molecule has 1 aliphatic rings. The van der Waals surface area contributed by atoms with Crippen LogP contribution in [0.1, 0.15) is 65.5 Å². The first-order valence-electron chi connectivity index (χ1n) is 12.0. The summed E-state index contributed by atoms with van der Waals surface area (Å²) in [5, 5.41) is 5.56. The minimum absolute atomic E-state index is 0.0160. The number of primary amides is 1. The molecule has 3 amide bonds. The first kappa shape index (κ1) is 25.1. The second-order valence-electron chi connectivity index (χ2n) is 9.27. The van der Waals surface area contributed by atoms with E-state index in [2.05, 4.69) is 15.6 Å². The van der Waals surface area contributed by atoms with Crippen LogP contribution in [0.5, 0.6) is 0 Å². The van der Waals surface area contributed by atoms with E-state index in [4.69, 9.17) is 10.2 Å². The van der Waals surface area contributed by atoms with Crippen molar-refractivity contribution < 1.29 is 23.2 Å². The Labute approximate surface area is 208 Å². The van der Waals surface area contributed by atoms with Crippen LogP contribution in [0, 0.1) is 11.9 Å². The molecule has 0 saturated heterocycles. The van der Waals surface area contributed by atoms with Crippen LogP contribution in [0.25, 0.3) is 11.3 Å². The monoisotopic (exact) mass is 492 g/mol. The summed E-state index contributed by atoms with van der Waals surface area (Å²) in [6, 6.07) is 13.0. The van der Waals surface area contributed by atoms with E-state index in [1.807, 2.05) is 18.2 Å². The summed E-state index contributed by atoms with van der Waals surface area (Å²) in [5.41, 5.74) is 6.22. The predicted molar refractivity (Wildman–Crippen MR) is 131 cm³/mol. The van der Waals surface area contributed by atoms with Gasteiger partial charge in [0.1, 0.15) is 11.3 Å². The molecule has 4 rings (SSSR count). The van der Waals surface area contributed by atoms with Crippen molar-refractivity contribution in [1.29, 1.82) is 0 Å². The van der Waals surface area contributed by atoms with Gasteiger partial charge in [0.05, 0.1) is 0 Å². The molecule has 1 aliphatic carbocycles. The van der Waals surface area contributed by atoms with E-state index in [0.717, 1.165) is 43.7 Å². The summed E-state index contributed by atoms with van der Waals surface area (Å²) in [6.45, 7) is 1.90. The van der Waals surface area contributed by atoms with Gasteiger partial charge in [0, 0.05) is 29.9 Å². The zero-order chi connectivity index (χ0) is 25.7. The number of amides is 3. The molecule has 1 aromatic carbocycles. The summed E-state index contributed by atoms with van der Waals surface area (Å²) in [4.78, 5) is 41.0. The van der Waals surface area contributed by atoms with E-state index < -0.39 is 29.2 Å². The average molecular weight is 493 g/mol. The highest BCUT2D eigenvalue weighted by atomic mass is 19.1. The first-order chi connectivity index (χ1) is 17.3. The van der Waals surface area contributed by atoms with Gasteiger partial charge in [0.2, 0.25) is 11.9 Å². The van der Waals surface area contributed by atoms with E-state index in [0.29, 0.717) is 11.3 Å². The Balaban J connectivity index is 1.43. The van der Waals surface area contributed by atoms with Crippen LogP contribution in [0.15, 0.2) is 59.1 Å². The maximum atomic E-state index is 13.3. The smallest absolute Gasteiger partial charge is 0.287 e. The molecule has 0 aliphatic heterocycles. The highest BCUT2D eigenvalue weighted by molar-refractivity contribution is 5.97. The Morgan fingerprint density at radius 3 is 2.58 bits per heavy atom. The van der Waals surface area contributed by atoms with Gasteiger partial charge >= 0.3 is 0 Å². The van der Waals surface area contributed by atoms with Crippen molar-refractivity contribution in [3.8, 4) is 11.3 Å². The molecule has 0 spiro atoms. The lowest BCUT2D eigenvalue weighted by atomic mass is 9.75. The number of nitrogens with one attached hydrogen (secondary N) is 2. The van der Waals surface area contributed by atoms with Crippen molar-refractivity contribution in [1.82, 2.24) is 15.6 Å². The molecule has 36 heavy (non-hydrogen) atoms. The molecule has 4 N–H and O–H groups in total. The molecule has 0 radical (unpaired) electrons. The van der Waals surface area contributed by atoms with Gasteiger partial charge in [-0.2, -0.15) is 4.39 Å². The quantitative estimate of drug-likeness (QED) is 0.410. The molecule has 1 atom stereocenters. The number of aromatic nitrogens is 1. The van der Waals surface area contributed by atoms with Gasteiger partial charge in [-0.1, -0.05) is 37.5 Å². The Bertz CT molecular complexity index is 1270. The van der Waals surface area contributed by atoms with Crippen molar-refractivity contribution in [2.75, 3.05) is 0 Å². The number of carbonyl (C=O) groups excluding carboxylic acids is 3. The third-order valence-corrected chi connectivity index (χ3v) is 6.79. The number of furan rings is 1. The molecule has 3 aromatic rings. The third kappa shape index (κ3) is 5.62. The Morgan fingerprint density at radius 2 is 1.86 bits per heavy atom. The number of nitrogens with two attached hydrogens (primary N) is 1. The lowest BCUT2D eigenvalue weighted by molar-refractivity contribution is -0.126. The molecule has 1 fully saturated rings. The van der Waals surface area contributed by atoms with Gasteiger partial charge in [-0.05, 0) is 55.5 Å². The highest BCUT2D eigenvalue weighted by Crippen LogP contribution is 2.33. The normalized spacial score (nSPS) is 15.6. The van der Waals surface area contributed by atoms with Crippen LogP contribution < -0.4 is 16.4 Å². The van der Waals surface area contributed by atoms with E-state index in [-0.39, 0.29) is 23.8 Å². The van der Waals surface area contributed by atoms with Gasteiger partial charge < -0.3 is 20.8 Å². The van der Waals surface area contributed by atoms with Crippen LogP contribution in [0.2, 0.25) is 0 Å². The molecule has 9 heteroatoms. The summed E-state index contributed by atoms with van der Waals surface area (Å²) in [6.07, 6.45) is 6.03. The number of hydrogen-bond donors (Lipinski definition) is 3. The molecular formula is C27H29FN4O4. The number of nitrogens with zero attached hydrogens (tertiary/aromatic N) is 1. The van der Waals surface area contributed by atoms with E-state index in [1.54, 1.807) is 25.1 Å². The number of halogens is 1. The maximum Gasteiger partial charge on any atom is 0.287 e. The Hall–Kier alpha value is -4.01. The zero-order valence-electron chi connectivity index (χ0n) is 20.1. The lowest BCUT2D eigenvalue weighted by Gasteiger charge is -2.37. The SMILES string of the molecule is C[C@@](NC(=O)c1ccc(-c2cccc(CNC(=O)c3ccnc(F)c3)c2)o1)(C(N)=O)C1CCCCC1. The number of pyridine rings is 1. The molecule has 188 valence electrons. The van der Waals surface area contributed by atoms with Gasteiger partial charge in [-0.15, -0.1) is 0 Å². The fraction of sp³-hybridized carbons (Fsp3) is 0.333. The number of carbonyl (C=O) groups is 3. The van der Waals surface area contributed by atoms with Crippen LogP contribution in [0.4, 0.5) is 4.39 Å². The van der Waals surface area contributed by atoms with Crippen LogP contribution in [-0.2, 0) is 11.3 Å². The standard InChI is InChI=1S/C27H29FN4O4/c1-27(26(29)35,20-8-3-2-4-9-20)32-25(34)22-11-10-21(36-22)18-7-5-6-17(14-18)16-31-24(33)19-12-13-30-23(28)15-19/h5-7,10-15,20H,2-4,8-9,16H2,1H3,(H2,29,35)(H,31,33)(H,32,34)/t27-/m0/s1. The summed E-state index contributed by atoms with van der Waals surface area (Å²) >= 11 is 0. The number of benzene rings is 1. The number of hydrogen-bond acceptors (Lipinski definition) is 5. The van der Waals surface area contributed by atoms with Crippen molar-refractivity contribution in [2.24, 2.45) is 11.7 Å². The average Bonchev–Trinajstić information content (AvgIpc) is 3.38. The second kappa shape index (κ2) is 10.7. The lowest BCUT2D eigenvalue weighted by Crippen LogP contribution is -2.60. The molecular weight excluding hydrogens is 463 g/mol. The fourth-order valence-corrected chi connectivity index (χ4v) is 4.62. The van der Waals surface area contributed by atoms with Gasteiger partial charge in [0.15, 0.2) is 5.76 Å². The van der Waals surface area contributed by atoms with E-state index in [1.165, 1.54) is 12.3 Å². The molecule has 2 heterocycles. The number of rotatable bonds is 8. The van der Waals surface area contributed by atoms with Crippen LogP contribution in [0.3, 0.4) is 0 Å². The summed E-state index contributed by atoms with van der Waals surface area (Å²) in [7, 11) is 0. The molecule has 0 bridgehead atoms.